The van der Waals surface area contributed by atoms with Crippen LogP contribution in [0.2, 0.25) is 0 Å². The summed E-state index contributed by atoms with van der Waals surface area (Å²) in [5, 5.41) is 2.74. The Kier molecular flexibility index (Phi) is 7.44. The quantitative estimate of drug-likeness (QED) is 0.388. The van der Waals surface area contributed by atoms with Gasteiger partial charge >= 0.3 is 0 Å². The molecule has 0 unspecified atom stereocenters. The largest absolute Gasteiger partial charge is 0.295 e. The third kappa shape index (κ3) is 6.05. The molecule has 0 aliphatic rings. The first kappa shape index (κ1) is 22.2. The second-order valence-electron chi connectivity index (χ2n) is 8.16. The van der Waals surface area contributed by atoms with Crippen LogP contribution in [0, 0.1) is 0 Å². The number of carbonyl (C=O) groups is 2. The molecule has 33 heavy (non-hydrogen) atoms. The molecule has 0 aliphatic heterocycles. The molecule has 0 spiro atoms. The molecule has 0 aliphatic carbocycles. The lowest BCUT2D eigenvalue weighted by Gasteiger charge is -2.21. The molecule has 4 rings (SSSR count). The van der Waals surface area contributed by atoms with Crippen molar-refractivity contribution in [2.24, 2.45) is 0 Å². The van der Waals surface area contributed by atoms with Crippen LogP contribution in [-0.2, 0) is 22.4 Å². The van der Waals surface area contributed by atoms with E-state index in [1.807, 2.05) is 121 Å². The monoisotopic (exact) mass is 433 g/mol. The smallest absolute Gasteiger partial charge is 0.234 e. The second-order valence-corrected chi connectivity index (χ2v) is 8.16. The van der Waals surface area contributed by atoms with E-state index in [9.17, 15) is 9.59 Å². The summed E-state index contributed by atoms with van der Waals surface area (Å²) in [5.41, 5.74) is 3.90. The van der Waals surface area contributed by atoms with E-state index in [1.54, 1.807) is 0 Å². The maximum Gasteiger partial charge on any atom is 0.234 e. The maximum atomic E-state index is 13.4. The highest BCUT2D eigenvalue weighted by Gasteiger charge is 2.27. The SMILES string of the molecule is O=C(NC(=O)[C@@H](Cc1ccccc1)c1ccccc1)[C@@H](Cc1ccccc1)c1ccccc1. The highest BCUT2D eigenvalue weighted by atomic mass is 16.2. The predicted molar refractivity (Wildman–Crippen MR) is 132 cm³/mol. The summed E-state index contributed by atoms with van der Waals surface area (Å²) in [6.07, 6.45) is 1.05. The first-order valence-corrected chi connectivity index (χ1v) is 11.2. The molecule has 2 atom stereocenters. The van der Waals surface area contributed by atoms with Gasteiger partial charge in [0.25, 0.3) is 0 Å². The van der Waals surface area contributed by atoms with E-state index in [0.29, 0.717) is 12.8 Å². The topological polar surface area (TPSA) is 46.2 Å². The van der Waals surface area contributed by atoms with Crippen molar-refractivity contribution < 1.29 is 9.59 Å². The molecule has 0 radical (unpaired) electrons. The van der Waals surface area contributed by atoms with Gasteiger partial charge in [0.1, 0.15) is 0 Å². The van der Waals surface area contributed by atoms with E-state index in [-0.39, 0.29) is 11.8 Å². The molecule has 3 nitrogen and oxygen atoms in total. The van der Waals surface area contributed by atoms with Crippen LogP contribution in [0.4, 0.5) is 0 Å². The van der Waals surface area contributed by atoms with Crippen molar-refractivity contribution in [1.82, 2.24) is 5.32 Å². The summed E-state index contributed by atoms with van der Waals surface area (Å²) in [5.74, 6) is -1.45. The lowest BCUT2D eigenvalue weighted by molar-refractivity contribution is -0.132. The molecule has 0 bridgehead atoms. The van der Waals surface area contributed by atoms with Gasteiger partial charge in [-0.25, -0.2) is 0 Å². The van der Waals surface area contributed by atoms with Crippen molar-refractivity contribution in [3.8, 4) is 0 Å². The third-order valence-electron chi connectivity index (χ3n) is 5.85. The fraction of sp³-hybridized carbons (Fsp3) is 0.133. The van der Waals surface area contributed by atoms with Gasteiger partial charge in [0.05, 0.1) is 11.8 Å². The number of amides is 2. The van der Waals surface area contributed by atoms with Crippen molar-refractivity contribution in [2.45, 2.75) is 24.7 Å². The average molecular weight is 434 g/mol. The average Bonchev–Trinajstić information content (AvgIpc) is 2.88. The summed E-state index contributed by atoms with van der Waals surface area (Å²) in [7, 11) is 0. The van der Waals surface area contributed by atoms with Gasteiger partial charge in [-0.2, -0.15) is 0 Å². The molecule has 0 saturated carbocycles. The third-order valence-corrected chi connectivity index (χ3v) is 5.85. The van der Waals surface area contributed by atoms with Gasteiger partial charge < -0.3 is 0 Å². The number of hydrogen-bond donors (Lipinski definition) is 1. The van der Waals surface area contributed by atoms with Crippen molar-refractivity contribution in [1.29, 1.82) is 0 Å². The maximum absolute atomic E-state index is 13.4. The Morgan fingerprint density at radius 2 is 0.788 bits per heavy atom. The molecule has 3 heteroatoms. The van der Waals surface area contributed by atoms with Crippen LogP contribution < -0.4 is 5.32 Å². The highest BCUT2D eigenvalue weighted by molar-refractivity contribution is 6.01. The van der Waals surface area contributed by atoms with E-state index < -0.39 is 11.8 Å². The minimum absolute atomic E-state index is 0.274. The fourth-order valence-corrected chi connectivity index (χ4v) is 4.09. The number of nitrogens with one attached hydrogen (secondary N) is 1. The molecule has 0 fully saturated rings. The van der Waals surface area contributed by atoms with Crippen LogP contribution in [0.25, 0.3) is 0 Å². The Balaban J connectivity index is 1.57. The molecule has 2 amide bonds. The number of benzene rings is 4. The van der Waals surface area contributed by atoms with Crippen LogP contribution in [0.15, 0.2) is 121 Å². The van der Waals surface area contributed by atoms with E-state index in [4.69, 9.17) is 0 Å². The fourth-order valence-electron chi connectivity index (χ4n) is 4.09. The Morgan fingerprint density at radius 1 is 0.485 bits per heavy atom. The van der Waals surface area contributed by atoms with Crippen LogP contribution in [0.1, 0.15) is 34.1 Å². The van der Waals surface area contributed by atoms with E-state index >= 15 is 0 Å². The molecule has 4 aromatic carbocycles. The Labute approximate surface area is 195 Å². The molecular formula is C30H27NO2. The standard InChI is InChI=1S/C30H27NO2/c32-29(27(25-17-9-3-10-18-25)21-23-13-5-1-6-14-23)31-30(33)28(26-19-11-4-12-20-26)22-24-15-7-2-8-16-24/h1-20,27-28H,21-22H2,(H,31,32,33)/t27-,28-/m0/s1. The van der Waals surface area contributed by atoms with Gasteiger partial charge in [-0.05, 0) is 35.1 Å². The van der Waals surface area contributed by atoms with Crippen molar-refractivity contribution >= 4 is 11.8 Å². The zero-order valence-electron chi connectivity index (χ0n) is 18.4. The molecule has 0 saturated heterocycles. The number of imide groups is 1. The number of hydrogen-bond acceptors (Lipinski definition) is 2. The molecule has 1 N–H and O–H groups in total. The Morgan fingerprint density at radius 3 is 1.12 bits per heavy atom. The van der Waals surface area contributed by atoms with Gasteiger partial charge in [0.2, 0.25) is 11.8 Å². The molecule has 0 aromatic heterocycles. The van der Waals surface area contributed by atoms with E-state index in [2.05, 4.69) is 5.32 Å². The predicted octanol–water partition coefficient (Wildman–Crippen LogP) is 5.68. The first-order chi connectivity index (χ1) is 16.2. The van der Waals surface area contributed by atoms with Gasteiger partial charge in [-0.3, -0.25) is 14.9 Å². The van der Waals surface area contributed by atoms with Crippen LogP contribution in [-0.4, -0.2) is 11.8 Å². The highest BCUT2D eigenvalue weighted by Crippen LogP contribution is 2.24. The number of rotatable bonds is 8. The Hall–Kier alpha value is -3.98. The minimum Gasteiger partial charge on any atom is -0.295 e. The van der Waals surface area contributed by atoms with E-state index in [0.717, 1.165) is 22.3 Å². The van der Waals surface area contributed by atoms with Crippen molar-refractivity contribution in [2.75, 3.05) is 0 Å². The van der Waals surface area contributed by atoms with Crippen LogP contribution >= 0.6 is 0 Å². The van der Waals surface area contributed by atoms with Gasteiger partial charge in [0.15, 0.2) is 0 Å². The summed E-state index contributed by atoms with van der Waals surface area (Å²) in [6, 6.07) is 39.1. The van der Waals surface area contributed by atoms with Gasteiger partial charge in [-0.1, -0.05) is 121 Å². The van der Waals surface area contributed by atoms with Gasteiger partial charge in [-0.15, -0.1) is 0 Å². The minimum atomic E-state index is -0.453. The summed E-state index contributed by atoms with van der Waals surface area (Å²) >= 11 is 0. The second kappa shape index (κ2) is 11.1. The molecule has 4 aromatic rings. The molecular weight excluding hydrogens is 406 g/mol. The normalized spacial score (nSPS) is 12.5. The van der Waals surface area contributed by atoms with Crippen LogP contribution in [0.5, 0.6) is 0 Å². The van der Waals surface area contributed by atoms with E-state index in [1.165, 1.54) is 0 Å². The van der Waals surface area contributed by atoms with Gasteiger partial charge in [0, 0.05) is 0 Å². The van der Waals surface area contributed by atoms with Crippen molar-refractivity contribution in [3.63, 3.8) is 0 Å². The summed E-state index contributed by atoms with van der Waals surface area (Å²) in [6.45, 7) is 0. The summed E-state index contributed by atoms with van der Waals surface area (Å²) < 4.78 is 0. The zero-order valence-corrected chi connectivity index (χ0v) is 18.4. The first-order valence-electron chi connectivity index (χ1n) is 11.2. The molecule has 0 heterocycles. The lowest BCUT2D eigenvalue weighted by Crippen LogP contribution is -2.39. The zero-order chi connectivity index (χ0) is 22.9. The van der Waals surface area contributed by atoms with Crippen LogP contribution in [0.3, 0.4) is 0 Å². The lowest BCUT2D eigenvalue weighted by atomic mass is 9.89. The van der Waals surface area contributed by atoms with Crippen molar-refractivity contribution in [3.05, 3.63) is 144 Å². The molecule has 164 valence electrons. The Bertz CT molecular complexity index is 1060. The number of carbonyl (C=O) groups excluding carboxylic acids is 2. The summed E-state index contributed by atoms with van der Waals surface area (Å²) in [4.78, 5) is 26.8.